The maximum atomic E-state index is 10.7. The summed E-state index contributed by atoms with van der Waals surface area (Å²) in [6.07, 6.45) is 1.79. The molecule has 2 rings (SSSR count). The number of cyclic esters (lactones) is 1. The molecule has 8 heteroatoms. The fourth-order valence-electron chi connectivity index (χ4n) is 1.40. The molecule has 1 aliphatic heterocycles. The number of aryl methyl sites for hydroxylation is 1. The average Bonchev–Trinajstić information content (AvgIpc) is 2.76. The number of carbonyl (C=O) groups excluding carboxylic acids is 1. The van der Waals surface area contributed by atoms with E-state index < -0.39 is 9.05 Å². The van der Waals surface area contributed by atoms with E-state index in [0.717, 1.165) is 18.0 Å². The van der Waals surface area contributed by atoms with Crippen LogP contribution in [0.25, 0.3) is 0 Å². The zero-order valence-electron chi connectivity index (χ0n) is 11.2. The van der Waals surface area contributed by atoms with Crippen molar-refractivity contribution in [3.8, 4) is 0 Å². The minimum Gasteiger partial charge on any atom is -0.448 e. The van der Waals surface area contributed by atoms with E-state index in [1.165, 1.54) is 12.1 Å². The molecule has 1 saturated heterocycles. The first kappa shape index (κ1) is 17.1. The van der Waals surface area contributed by atoms with Gasteiger partial charge in [-0.05, 0) is 25.3 Å². The number of halogens is 1. The summed E-state index contributed by atoms with van der Waals surface area (Å²) < 4.78 is 26.1. The van der Waals surface area contributed by atoms with Gasteiger partial charge < -0.3 is 4.74 Å². The van der Waals surface area contributed by atoms with Crippen LogP contribution in [0, 0.1) is 6.92 Å². The molecule has 1 heterocycles. The molecule has 112 valence electrons. The molecule has 5 nitrogen and oxygen atoms in total. The summed E-state index contributed by atoms with van der Waals surface area (Å²) in [5.41, 5.74) is 1.01. The monoisotopic (exact) mass is 337 g/mol. The number of carbonyl (C=O) groups is 1. The van der Waals surface area contributed by atoms with E-state index in [1.54, 1.807) is 28.8 Å². The maximum absolute atomic E-state index is 10.7. The fraction of sp³-hybridized carbons (Fsp3) is 0.417. The quantitative estimate of drug-likeness (QED) is 0.793. The van der Waals surface area contributed by atoms with Crippen LogP contribution in [-0.2, 0) is 13.8 Å². The highest BCUT2D eigenvalue weighted by molar-refractivity contribution is 8.13. The van der Waals surface area contributed by atoms with Crippen LogP contribution in [0.1, 0.15) is 5.56 Å². The number of rotatable bonds is 3. The van der Waals surface area contributed by atoms with Gasteiger partial charge in [0.15, 0.2) is 0 Å². The molecule has 20 heavy (non-hydrogen) atoms. The number of thioether (sulfide) groups is 1. The summed E-state index contributed by atoms with van der Waals surface area (Å²) in [6, 6.07) is 6.37. The molecule has 1 aliphatic rings. The summed E-state index contributed by atoms with van der Waals surface area (Å²) in [5.74, 6) is 0.749. The Bertz CT molecular complexity index is 545. The van der Waals surface area contributed by atoms with Crippen LogP contribution in [0.2, 0.25) is 0 Å². The number of benzene rings is 1. The van der Waals surface area contributed by atoms with Gasteiger partial charge in [0.1, 0.15) is 6.61 Å². The van der Waals surface area contributed by atoms with Gasteiger partial charge in [-0.25, -0.2) is 13.2 Å². The summed E-state index contributed by atoms with van der Waals surface area (Å²) in [4.78, 5) is 12.5. The van der Waals surface area contributed by atoms with E-state index >= 15 is 0 Å². The second-order valence-electron chi connectivity index (χ2n) is 4.05. The van der Waals surface area contributed by atoms with Crippen molar-refractivity contribution in [3.05, 3.63) is 29.8 Å². The number of nitrogens with zero attached hydrogens (tertiary/aromatic N) is 1. The topological polar surface area (TPSA) is 63.7 Å². The molecule has 0 unspecified atom stereocenters. The van der Waals surface area contributed by atoms with Gasteiger partial charge in [-0.3, -0.25) is 4.90 Å². The highest BCUT2D eigenvalue weighted by Crippen LogP contribution is 2.14. The van der Waals surface area contributed by atoms with Crippen LogP contribution >= 0.6 is 22.4 Å². The Morgan fingerprint density at radius 1 is 1.35 bits per heavy atom. The first-order valence-electron chi connectivity index (χ1n) is 5.76. The lowest BCUT2D eigenvalue weighted by molar-refractivity contribution is 0.162. The number of hydrogen-bond acceptors (Lipinski definition) is 5. The van der Waals surface area contributed by atoms with Crippen LogP contribution < -0.4 is 0 Å². The van der Waals surface area contributed by atoms with Crippen molar-refractivity contribution in [2.45, 2.75) is 11.8 Å². The largest absolute Gasteiger partial charge is 0.448 e. The van der Waals surface area contributed by atoms with Gasteiger partial charge in [0.25, 0.3) is 9.05 Å². The summed E-state index contributed by atoms with van der Waals surface area (Å²) >= 11 is 1.63. The van der Waals surface area contributed by atoms with Crippen molar-refractivity contribution < 1.29 is 17.9 Å². The van der Waals surface area contributed by atoms with Crippen molar-refractivity contribution in [2.75, 3.05) is 25.3 Å². The van der Waals surface area contributed by atoms with Crippen molar-refractivity contribution in [3.63, 3.8) is 0 Å². The van der Waals surface area contributed by atoms with Crippen LogP contribution in [0.15, 0.2) is 29.2 Å². The van der Waals surface area contributed by atoms with Gasteiger partial charge >= 0.3 is 6.09 Å². The number of ether oxygens (including phenoxy) is 1. The second kappa shape index (κ2) is 7.75. The molecule has 0 N–H and O–H groups in total. The Hall–Kier alpha value is -0.920. The zero-order chi connectivity index (χ0) is 15.2. The Morgan fingerprint density at radius 3 is 2.35 bits per heavy atom. The highest BCUT2D eigenvalue weighted by atomic mass is 35.7. The van der Waals surface area contributed by atoms with Gasteiger partial charge in [-0.15, -0.1) is 11.8 Å². The van der Waals surface area contributed by atoms with E-state index in [1.807, 2.05) is 13.2 Å². The Balaban J connectivity index is 0.000000204. The minimum atomic E-state index is -3.55. The third kappa shape index (κ3) is 5.60. The van der Waals surface area contributed by atoms with Crippen LogP contribution in [0.4, 0.5) is 4.79 Å². The Morgan fingerprint density at radius 2 is 1.95 bits per heavy atom. The smallest absolute Gasteiger partial charge is 0.410 e. The third-order valence-corrected chi connectivity index (χ3v) is 4.37. The Kier molecular flexibility index (Phi) is 6.64. The number of amides is 1. The molecule has 0 aromatic heterocycles. The predicted octanol–water partition coefficient (Wildman–Crippen LogP) is 2.68. The second-order valence-corrected chi connectivity index (χ2v) is 7.45. The number of hydrogen-bond donors (Lipinski definition) is 0. The molecule has 1 fully saturated rings. The summed E-state index contributed by atoms with van der Waals surface area (Å²) in [5, 5.41) is 0. The van der Waals surface area contributed by atoms with Gasteiger partial charge in [0.2, 0.25) is 0 Å². The molecule has 0 atom stereocenters. The molecule has 0 aliphatic carbocycles. The van der Waals surface area contributed by atoms with E-state index in [9.17, 15) is 13.2 Å². The first-order valence-corrected chi connectivity index (χ1v) is 9.47. The van der Waals surface area contributed by atoms with Crippen molar-refractivity contribution in [1.29, 1.82) is 0 Å². The molecule has 1 amide bonds. The minimum absolute atomic E-state index is 0.143. The SMILES string of the molecule is CSCN1CCOC1=O.Cc1ccc(S(=O)(=O)Cl)cc1. The van der Waals surface area contributed by atoms with E-state index in [4.69, 9.17) is 15.4 Å². The van der Waals surface area contributed by atoms with Gasteiger partial charge in [-0.1, -0.05) is 17.7 Å². The normalized spacial score (nSPS) is 14.6. The fourth-order valence-corrected chi connectivity index (χ4v) is 2.72. The van der Waals surface area contributed by atoms with E-state index in [2.05, 4.69) is 0 Å². The molecule has 1 aromatic rings. The predicted molar refractivity (Wildman–Crippen MR) is 80.7 cm³/mol. The molecule has 0 saturated carbocycles. The Labute approximate surface area is 127 Å². The summed E-state index contributed by atoms with van der Waals surface area (Å²) in [6.45, 7) is 3.18. The van der Waals surface area contributed by atoms with E-state index in [-0.39, 0.29) is 11.0 Å². The van der Waals surface area contributed by atoms with Gasteiger partial charge in [0.05, 0.1) is 17.3 Å². The van der Waals surface area contributed by atoms with Crippen LogP contribution in [-0.4, -0.2) is 44.7 Å². The third-order valence-electron chi connectivity index (χ3n) is 2.43. The standard InChI is InChI=1S/C7H7ClO2S.C5H9NO2S/c1-6-2-4-7(5-3-6)11(8,9)10;1-9-4-6-2-3-8-5(6)7/h2-5H,1H3;2-4H2,1H3. The van der Waals surface area contributed by atoms with Gasteiger partial charge in [0, 0.05) is 10.7 Å². The lowest BCUT2D eigenvalue weighted by atomic mass is 10.2. The van der Waals surface area contributed by atoms with Crippen molar-refractivity contribution >= 4 is 37.6 Å². The van der Waals surface area contributed by atoms with Gasteiger partial charge in [-0.2, -0.15) is 0 Å². The average molecular weight is 338 g/mol. The molecule has 0 spiro atoms. The molecule has 0 bridgehead atoms. The van der Waals surface area contributed by atoms with Crippen LogP contribution in [0.5, 0.6) is 0 Å². The zero-order valence-corrected chi connectivity index (χ0v) is 13.6. The molecule has 0 radical (unpaired) electrons. The van der Waals surface area contributed by atoms with Crippen LogP contribution in [0.3, 0.4) is 0 Å². The summed E-state index contributed by atoms with van der Waals surface area (Å²) in [7, 11) is 1.54. The molecule has 1 aromatic carbocycles. The van der Waals surface area contributed by atoms with E-state index in [0.29, 0.717) is 6.61 Å². The molecular formula is C12H16ClNO4S2. The highest BCUT2D eigenvalue weighted by Gasteiger charge is 2.20. The van der Waals surface area contributed by atoms with Crippen molar-refractivity contribution in [1.82, 2.24) is 4.90 Å². The lowest BCUT2D eigenvalue weighted by Crippen LogP contribution is -2.23. The lowest BCUT2D eigenvalue weighted by Gasteiger charge is -2.08. The van der Waals surface area contributed by atoms with Crippen molar-refractivity contribution in [2.24, 2.45) is 0 Å². The maximum Gasteiger partial charge on any atom is 0.410 e. The molecular weight excluding hydrogens is 322 g/mol. The first-order chi connectivity index (χ1) is 9.34.